The van der Waals surface area contributed by atoms with Crippen molar-refractivity contribution in [3.05, 3.63) is 64.3 Å². The highest BCUT2D eigenvalue weighted by Crippen LogP contribution is 2.39. The molecule has 3 aromatic rings. The Labute approximate surface area is 216 Å². The maximum Gasteiger partial charge on any atom is 0.178 e. The monoisotopic (exact) mass is 560 g/mol. The van der Waals surface area contributed by atoms with E-state index >= 15 is 0 Å². The van der Waals surface area contributed by atoms with Crippen LogP contribution in [0, 0.1) is 0 Å². The van der Waals surface area contributed by atoms with Crippen LogP contribution in [-0.4, -0.2) is 44.8 Å². The van der Waals surface area contributed by atoms with Crippen molar-refractivity contribution in [3.8, 4) is 22.8 Å². The van der Waals surface area contributed by atoms with Crippen molar-refractivity contribution in [2.24, 2.45) is 0 Å². The molecule has 1 N–H and O–H groups in total. The molecule has 4 rings (SSSR count). The highest BCUT2D eigenvalue weighted by atomic mass is 79.9. The molecular formula is C27H33BrN2O4S. The molecule has 1 aromatic heterocycles. The number of likely N-dealkylation sites (tertiary alicyclic amines) is 1. The van der Waals surface area contributed by atoms with E-state index in [1.807, 2.05) is 18.2 Å². The molecule has 6 nitrogen and oxygen atoms in total. The van der Waals surface area contributed by atoms with Gasteiger partial charge in [-0.1, -0.05) is 31.9 Å². The average Bonchev–Trinajstić information content (AvgIpc) is 3.21. The van der Waals surface area contributed by atoms with Gasteiger partial charge in [-0.25, -0.2) is 8.42 Å². The van der Waals surface area contributed by atoms with Crippen LogP contribution >= 0.6 is 15.9 Å². The summed E-state index contributed by atoms with van der Waals surface area (Å²) < 4.78 is 36.7. The van der Waals surface area contributed by atoms with Gasteiger partial charge in [-0.3, -0.25) is 4.90 Å². The van der Waals surface area contributed by atoms with Gasteiger partial charge in [0.25, 0.3) is 0 Å². The van der Waals surface area contributed by atoms with E-state index in [1.165, 1.54) is 24.8 Å². The van der Waals surface area contributed by atoms with Gasteiger partial charge in [0.1, 0.15) is 11.5 Å². The molecule has 1 aliphatic heterocycles. The summed E-state index contributed by atoms with van der Waals surface area (Å²) in [5, 5.41) is 0. The lowest BCUT2D eigenvalue weighted by Crippen LogP contribution is -2.28. The fourth-order valence-corrected chi connectivity index (χ4v) is 6.49. The van der Waals surface area contributed by atoms with Gasteiger partial charge >= 0.3 is 0 Å². The number of ether oxygens (including phenoxy) is 2. The second-order valence-corrected chi connectivity index (χ2v) is 12.0. The van der Waals surface area contributed by atoms with Gasteiger partial charge in [-0.05, 0) is 77.3 Å². The quantitative estimate of drug-likeness (QED) is 0.346. The molecule has 0 spiro atoms. The van der Waals surface area contributed by atoms with Crippen molar-refractivity contribution in [3.63, 3.8) is 0 Å². The number of benzene rings is 2. The van der Waals surface area contributed by atoms with Crippen LogP contribution in [0.4, 0.5) is 0 Å². The molecule has 8 heteroatoms. The summed E-state index contributed by atoms with van der Waals surface area (Å²) in [5.41, 5.74) is 3.95. The molecule has 0 saturated carbocycles. The topological polar surface area (TPSA) is 71.6 Å². The first-order chi connectivity index (χ1) is 16.9. The van der Waals surface area contributed by atoms with Crippen LogP contribution in [0.15, 0.2) is 57.9 Å². The number of hydrogen-bond donors (Lipinski definition) is 1. The molecule has 1 saturated heterocycles. The lowest BCUT2D eigenvalue weighted by molar-refractivity contribution is 0.190. The van der Waals surface area contributed by atoms with Gasteiger partial charge in [-0.2, -0.15) is 0 Å². The normalized spacial score (nSPS) is 17.2. The number of aromatic amines is 1. The number of nitrogens with one attached hydrogen (secondary N) is 1. The zero-order chi connectivity index (χ0) is 25.0. The van der Waals surface area contributed by atoms with Crippen molar-refractivity contribution in [1.29, 1.82) is 0 Å². The summed E-state index contributed by atoms with van der Waals surface area (Å²) >= 11 is 3.50. The Morgan fingerprint density at radius 2 is 1.80 bits per heavy atom. The standard InChI is InChI=1S/C27H33BrN2O4S/c1-4-35(31,32)22-16-23(27(34-3)24(28)17-22)25-14-11-20(29-25)18-30-15-7-5-6-8-26(30)19-9-12-21(33-2)13-10-19/h9-14,16-17,26,29H,4-8,15,18H2,1-3H3/t26-/m1/s1. The minimum atomic E-state index is -3.36. The molecule has 2 aromatic carbocycles. The van der Waals surface area contributed by atoms with Crippen molar-refractivity contribution >= 4 is 25.8 Å². The van der Waals surface area contributed by atoms with Gasteiger partial charge in [-0.15, -0.1) is 0 Å². The Morgan fingerprint density at radius 1 is 1.03 bits per heavy atom. The van der Waals surface area contributed by atoms with E-state index in [1.54, 1.807) is 33.3 Å². The van der Waals surface area contributed by atoms with E-state index in [9.17, 15) is 8.42 Å². The summed E-state index contributed by atoms with van der Waals surface area (Å²) in [6.07, 6.45) is 4.76. The number of H-pyrrole nitrogens is 1. The van der Waals surface area contributed by atoms with Gasteiger partial charge in [0, 0.05) is 29.5 Å². The molecule has 188 valence electrons. The van der Waals surface area contributed by atoms with Gasteiger partial charge in [0.15, 0.2) is 9.84 Å². The number of sulfone groups is 1. The number of aromatic nitrogens is 1. The molecule has 0 amide bonds. The summed E-state index contributed by atoms with van der Waals surface area (Å²) in [6, 6.07) is 16.2. The predicted octanol–water partition coefficient (Wildman–Crippen LogP) is 6.37. The summed E-state index contributed by atoms with van der Waals surface area (Å²) in [6.45, 7) is 3.47. The Morgan fingerprint density at radius 3 is 2.49 bits per heavy atom. The van der Waals surface area contributed by atoms with Crippen molar-refractivity contribution < 1.29 is 17.9 Å². The largest absolute Gasteiger partial charge is 0.497 e. The van der Waals surface area contributed by atoms with Crippen molar-refractivity contribution in [1.82, 2.24) is 9.88 Å². The molecule has 2 heterocycles. The minimum absolute atomic E-state index is 0.0445. The zero-order valence-electron chi connectivity index (χ0n) is 20.5. The summed E-state index contributed by atoms with van der Waals surface area (Å²) in [7, 11) is -0.0692. The first-order valence-electron chi connectivity index (χ1n) is 12.0. The van der Waals surface area contributed by atoms with Crippen molar-refractivity contribution in [2.75, 3.05) is 26.5 Å². The SMILES string of the molecule is CCS(=O)(=O)c1cc(Br)c(OC)c(-c2ccc(CN3CCCCC[C@@H]3c3ccc(OC)cc3)[nH]2)c1. The Bertz CT molecular complexity index is 1250. The van der Waals surface area contributed by atoms with Crippen LogP contribution in [0.2, 0.25) is 0 Å². The Hall–Kier alpha value is -2.29. The van der Waals surface area contributed by atoms with E-state index in [2.05, 4.69) is 44.0 Å². The predicted molar refractivity (Wildman–Crippen MR) is 143 cm³/mol. The molecule has 35 heavy (non-hydrogen) atoms. The van der Waals surface area contributed by atoms with E-state index < -0.39 is 9.84 Å². The number of rotatable bonds is 8. The molecule has 0 bridgehead atoms. The lowest BCUT2D eigenvalue weighted by atomic mass is 10.0. The number of methoxy groups -OCH3 is 2. The highest BCUT2D eigenvalue weighted by Gasteiger charge is 2.24. The van der Waals surface area contributed by atoms with Crippen molar-refractivity contribution in [2.45, 2.75) is 50.1 Å². The third-order valence-electron chi connectivity index (χ3n) is 6.73. The second-order valence-electron chi connectivity index (χ2n) is 8.90. The zero-order valence-corrected chi connectivity index (χ0v) is 22.9. The van der Waals surface area contributed by atoms with E-state index in [0.717, 1.165) is 42.2 Å². The minimum Gasteiger partial charge on any atom is -0.497 e. The van der Waals surface area contributed by atoms with E-state index in [0.29, 0.717) is 16.3 Å². The van der Waals surface area contributed by atoms with Crippen LogP contribution in [-0.2, 0) is 16.4 Å². The maximum atomic E-state index is 12.6. The van der Waals surface area contributed by atoms with Gasteiger partial charge in [0.05, 0.1) is 29.3 Å². The number of halogens is 1. The second kappa shape index (κ2) is 11.2. The Balaban J connectivity index is 1.63. The van der Waals surface area contributed by atoms with Gasteiger partial charge in [0.2, 0.25) is 0 Å². The fraction of sp³-hybridized carbons (Fsp3) is 0.407. The summed E-state index contributed by atoms with van der Waals surface area (Å²) in [4.78, 5) is 6.35. The van der Waals surface area contributed by atoms with E-state index in [4.69, 9.17) is 9.47 Å². The van der Waals surface area contributed by atoms with Gasteiger partial charge < -0.3 is 14.5 Å². The average molecular weight is 562 g/mol. The fourth-order valence-electron chi connectivity index (χ4n) is 4.79. The third kappa shape index (κ3) is 5.76. The van der Waals surface area contributed by atoms with Crippen LogP contribution < -0.4 is 9.47 Å². The Kier molecular flexibility index (Phi) is 8.24. The smallest absolute Gasteiger partial charge is 0.178 e. The van der Waals surface area contributed by atoms with Crippen LogP contribution in [0.25, 0.3) is 11.3 Å². The lowest BCUT2D eigenvalue weighted by Gasteiger charge is -2.30. The molecule has 0 aliphatic carbocycles. The van der Waals surface area contributed by atoms with Crippen LogP contribution in [0.5, 0.6) is 11.5 Å². The molecule has 0 radical (unpaired) electrons. The number of nitrogens with zero attached hydrogens (tertiary/aromatic N) is 1. The van der Waals surface area contributed by atoms with Crippen LogP contribution in [0.3, 0.4) is 0 Å². The summed E-state index contributed by atoms with van der Waals surface area (Å²) in [5.74, 6) is 1.53. The maximum absolute atomic E-state index is 12.6. The first kappa shape index (κ1) is 25.8. The highest BCUT2D eigenvalue weighted by molar-refractivity contribution is 9.10. The van der Waals surface area contributed by atoms with Crippen LogP contribution in [0.1, 0.15) is 49.9 Å². The molecule has 1 fully saturated rings. The van der Waals surface area contributed by atoms with E-state index in [-0.39, 0.29) is 10.6 Å². The molecular weight excluding hydrogens is 528 g/mol. The first-order valence-corrected chi connectivity index (χ1v) is 14.5. The third-order valence-corrected chi connectivity index (χ3v) is 9.04. The molecule has 1 atom stereocenters. The number of hydrogen-bond acceptors (Lipinski definition) is 5. The molecule has 1 aliphatic rings. The molecule has 0 unspecified atom stereocenters.